The molecule has 2 heterocycles. The third-order valence-electron chi connectivity index (χ3n) is 1.86. The molecule has 0 saturated heterocycles. The van der Waals surface area contributed by atoms with E-state index in [2.05, 4.69) is 9.97 Å². The third kappa shape index (κ3) is 1.27. The maximum Gasteiger partial charge on any atom is 0.179 e. The summed E-state index contributed by atoms with van der Waals surface area (Å²) in [7, 11) is -3.56. The first-order chi connectivity index (χ1) is 6.50. The lowest BCUT2D eigenvalue weighted by molar-refractivity contribution is 0.571. The van der Waals surface area contributed by atoms with Crippen LogP contribution in [-0.2, 0) is 9.84 Å². The first-order valence-electron chi connectivity index (χ1n) is 3.82. The summed E-state index contributed by atoms with van der Waals surface area (Å²) in [6.45, 7) is 0. The van der Waals surface area contributed by atoms with E-state index in [1.165, 1.54) is 12.3 Å². The number of fused-ring (bicyclic) bond motifs is 1. The molecule has 2 aromatic heterocycles. The van der Waals surface area contributed by atoms with E-state index in [9.17, 15) is 12.8 Å². The molecule has 0 saturated carbocycles. The molecule has 2 aromatic rings. The summed E-state index contributed by atoms with van der Waals surface area (Å²) in [5.74, 6) is -0.820. The second-order valence-corrected chi connectivity index (χ2v) is 4.90. The van der Waals surface area contributed by atoms with Crippen LogP contribution in [0.1, 0.15) is 0 Å². The fraction of sp³-hybridized carbons (Fsp3) is 0.125. The standard InChI is InChI=1S/C8H7FN2O2S/c1-14(12,13)7-5-2-3-10-8(5)11-4-6(7)9/h2-4H,1H3,(H,10,11). The molecule has 0 radical (unpaired) electrons. The van der Waals surface area contributed by atoms with Crippen LogP contribution in [-0.4, -0.2) is 24.6 Å². The smallest absolute Gasteiger partial charge is 0.179 e. The van der Waals surface area contributed by atoms with Crippen molar-refractivity contribution in [2.75, 3.05) is 6.26 Å². The summed E-state index contributed by atoms with van der Waals surface area (Å²) < 4.78 is 35.8. The summed E-state index contributed by atoms with van der Waals surface area (Å²) in [5, 5.41) is 0.285. The van der Waals surface area contributed by atoms with E-state index in [0.29, 0.717) is 5.65 Å². The molecule has 74 valence electrons. The molecule has 0 spiro atoms. The molecule has 0 bridgehead atoms. The van der Waals surface area contributed by atoms with Crippen molar-refractivity contribution in [1.82, 2.24) is 9.97 Å². The van der Waals surface area contributed by atoms with Gasteiger partial charge >= 0.3 is 0 Å². The van der Waals surface area contributed by atoms with Crippen LogP contribution in [0.15, 0.2) is 23.4 Å². The van der Waals surface area contributed by atoms with Gasteiger partial charge in [0.15, 0.2) is 15.7 Å². The van der Waals surface area contributed by atoms with E-state index in [0.717, 1.165) is 12.5 Å². The Morgan fingerprint density at radius 3 is 2.86 bits per heavy atom. The van der Waals surface area contributed by atoms with Gasteiger partial charge in [-0.05, 0) is 6.07 Å². The zero-order chi connectivity index (χ0) is 10.3. The van der Waals surface area contributed by atoms with E-state index in [4.69, 9.17) is 0 Å². The van der Waals surface area contributed by atoms with Crippen LogP contribution in [0.2, 0.25) is 0 Å². The van der Waals surface area contributed by atoms with Gasteiger partial charge < -0.3 is 4.98 Å². The van der Waals surface area contributed by atoms with Crippen molar-refractivity contribution in [3.8, 4) is 0 Å². The lowest BCUT2D eigenvalue weighted by Crippen LogP contribution is -2.02. The highest BCUT2D eigenvalue weighted by Crippen LogP contribution is 2.23. The van der Waals surface area contributed by atoms with E-state index in [1.54, 1.807) is 0 Å². The molecule has 14 heavy (non-hydrogen) atoms. The van der Waals surface area contributed by atoms with Crippen LogP contribution in [0.5, 0.6) is 0 Å². The second kappa shape index (κ2) is 2.78. The molecule has 0 atom stereocenters. The van der Waals surface area contributed by atoms with Gasteiger partial charge in [-0.15, -0.1) is 0 Å². The maximum absolute atomic E-state index is 13.2. The van der Waals surface area contributed by atoms with Crippen LogP contribution < -0.4 is 0 Å². The number of hydrogen-bond donors (Lipinski definition) is 1. The maximum atomic E-state index is 13.2. The Morgan fingerprint density at radius 2 is 2.21 bits per heavy atom. The molecule has 0 amide bonds. The van der Waals surface area contributed by atoms with Crippen LogP contribution in [0.4, 0.5) is 4.39 Å². The monoisotopic (exact) mass is 214 g/mol. The fourth-order valence-corrected chi connectivity index (χ4v) is 2.31. The lowest BCUT2D eigenvalue weighted by atomic mass is 10.3. The van der Waals surface area contributed by atoms with Crippen molar-refractivity contribution in [1.29, 1.82) is 0 Å². The molecule has 0 aliphatic heterocycles. The van der Waals surface area contributed by atoms with E-state index in [-0.39, 0.29) is 10.3 Å². The first-order valence-corrected chi connectivity index (χ1v) is 5.71. The average Bonchev–Trinajstić information content (AvgIpc) is 2.48. The van der Waals surface area contributed by atoms with Crippen molar-refractivity contribution >= 4 is 20.9 Å². The first kappa shape index (κ1) is 9.14. The van der Waals surface area contributed by atoms with Crippen LogP contribution >= 0.6 is 0 Å². The Kier molecular flexibility index (Phi) is 1.81. The van der Waals surface area contributed by atoms with Crippen LogP contribution in [0.25, 0.3) is 11.0 Å². The van der Waals surface area contributed by atoms with Gasteiger partial charge in [0.2, 0.25) is 0 Å². The number of aromatic amines is 1. The van der Waals surface area contributed by atoms with Gasteiger partial charge in [0.1, 0.15) is 10.5 Å². The summed E-state index contributed by atoms with van der Waals surface area (Å²) in [6.07, 6.45) is 3.39. The van der Waals surface area contributed by atoms with Gasteiger partial charge in [-0.25, -0.2) is 17.8 Å². The molecule has 0 unspecified atom stereocenters. The van der Waals surface area contributed by atoms with Crippen LogP contribution in [0.3, 0.4) is 0 Å². The Labute approximate surface area is 79.7 Å². The molecule has 0 fully saturated rings. The Morgan fingerprint density at radius 1 is 1.50 bits per heavy atom. The number of H-pyrrole nitrogens is 1. The summed E-state index contributed by atoms with van der Waals surface area (Å²) in [5.41, 5.74) is 0.367. The van der Waals surface area contributed by atoms with E-state index in [1.807, 2.05) is 0 Å². The quantitative estimate of drug-likeness (QED) is 0.773. The Bertz CT molecular complexity index is 588. The highest BCUT2D eigenvalue weighted by molar-refractivity contribution is 7.91. The summed E-state index contributed by atoms with van der Waals surface area (Å²) >= 11 is 0. The molecule has 1 N–H and O–H groups in total. The van der Waals surface area contributed by atoms with Gasteiger partial charge in [-0.2, -0.15) is 0 Å². The topological polar surface area (TPSA) is 62.8 Å². The van der Waals surface area contributed by atoms with Crippen molar-refractivity contribution in [2.24, 2.45) is 0 Å². The molecular weight excluding hydrogens is 207 g/mol. The predicted octanol–water partition coefficient (Wildman–Crippen LogP) is 1.11. The molecule has 0 aromatic carbocycles. The number of aromatic nitrogens is 2. The molecular formula is C8H7FN2O2S. The number of sulfone groups is 1. The van der Waals surface area contributed by atoms with Gasteiger partial charge in [0, 0.05) is 17.8 Å². The molecule has 0 aliphatic carbocycles. The average molecular weight is 214 g/mol. The number of halogens is 1. The number of nitrogens with one attached hydrogen (secondary N) is 1. The zero-order valence-electron chi connectivity index (χ0n) is 7.28. The SMILES string of the molecule is CS(=O)(=O)c1c(F)cnc2[nH]ccc12. The zero-order valence-corrected chi connectivity index (χ0v) is 8.10. The number of pyridine rings is 1. The minimum Gasteiger partial charge on any atom is -0.346 e. The molecule has 4 nitrogen and oxygen atoms in total. The van der Waals surface area contributed by atoms with Crippen molar-refractivity contribution in [3.63, 3.8) is 0 Å². The largest absolute Gasteiger partial charge is 0.346 e. The molecule has 2 rings (SSSR count). The molecule has 0 aliphatic rings. The van der Waals surface area contributed by atoms with Gasteiger partial charge in [0.25, 0.3) is 0 Å². The van der Waals surface area contributed by atoms with Crippen molar-refractivity contribution < 1.29 is 12.8 Å². The number of nitrogens with zero attached hydrogens (tertiary/aromatic N) is 1. The lowest BCUT2D eigenvalue weighted by Gasteiger charge is -2.00. The number of rotatable bonds is 1. The summed E-state index contributed by atoms with van der Waals surface area (Å²) in [4.78, 5) is 6.13. The Hall–Kier alpha value is -1.43. The Balaban J connectivity index is 2.98. The van der Waals surface area contributed by atoms with Crippen LogP contribution in [0, 0.1) is 5.82 Å². The summed E-state index contributed by atoms with van der Waals surface area (Å²) in [6, 6.07) is 1.49. The normalized spacial score (nSPS) is 12.1. The van der Waals surface area contributed by atoms with E-state index >= 15 is 0 Å². The van der Waals surface area contributed by atoms with Crippen molar-refractivity contribution in [3.05, 3.63) is 24.3 Å². The second-order valence-electron chi connectivity index (χ2n) is 2.95. The highest BCUT2D eigenvalue weighted by Gasteiger charge is 2.18. The minimum atomic E-state index is -3.56. The highest BCUT2D eigenvalue weighted by atomic mass is 32.2. The number of hydrogen-bond acceptors (Lipinski definition) is 3. The predicted molar refractivity (Wildman–Crippen MR) is 49.2 cm³/mol. The molecule has 6 heteroatoms. The third-order valence-corrected chi connectivity index (χ3v) is 3.02. The van der Waals surface area contributed by atoms with Crippen molar-refractivity contribution in [2.45, 2.75) is 4.90 Å². The van der Waals surface area contributed by atoms with Gasteiger partial charge in [-0.1, -0.05) is 0 Å². The van der Waals surface area contributed by atoms with E-state index < -0.39 is 15.7 Å². The van der Waals surface area contributed by atoms with Gasteiger partial charge in [-0.3, -0.25) is 0 Å². The minimum absolute atomic E-state index is 0.285. The van der Waals surface area contributed by atoms with Gasteiger partial charge in [0.05, 0.1) is 6.20 Å². The fourth-order valence-electron chi connectivity index (χ4n) is 1.34.